The minimum absolute atomic E-state index is 0.169. The second kappa shape index (κ2) is 6.71. The number of nitrogens with zero attached hydrogens (tertiary/aromatic N) is 1. The molecule has 1 heterocycles. The summed E-state index contributed by atoms with van der Waals surface area (Å²) in [6.45, 7) is 2.04. The summed E-state index contributed by atoms with van der Waals surface area (Å²) in [5.41, 5.74) is 3.55. The number of carbonyl (C=O) groups excluding carboxylic acids is 1. The Balaban J connectivity index is 1.65. The summed E-state index contributed by atoms with van der Waals surface area (Å²) in [7, 11) is 0. The number of rotatable bonds is 4. The molecule has 0 atom stereocenters. The van der Waals surface area contributed by atoms with Gasteiger partial charge in [0, 0.05) is 16.6 Å². The summed E-state index contributed by atoms with van der Waals surface area (Å²) in [6, 6.07) is 13.8. The lowest BCUT2D eigenvalue weighted by molar-refractivity contribution is -0.115. The number of amides is 1. The molecule has 3 aromatic rings. The van der Waals surface area contributed by atoms with Crippen LogP contribution in [0.5, 0.6) is 0 Å². The van der Waals surface area contributed by atoms with Gasteiger partial charge in [-0.25, -0.2) is 9.37 Å². The highest BCUT2D eigenvalue weighted by molar-refractivity contribution is 7.13. The molecular weight excluding hydrogens is 311 g/mol. The second-order valence-electron chi connectivity index (χ2n) is 5.24. The van der Waals surface area contributed by atoms with Crippen LogP contribution in [0.15, 0.2) is 53.9 Å². The molecule has 0 saturated carbocycles. The molecule has 0 saturated heterocycles. The molecule has 0 spiro atoms. The van der Waals surface area contributed by atoms with Gasteiger partial charge >= 0.3 is 0 Å². The fourth-order valence-electron chi connectivity index (χ4n) is 2.12. The zero-order valence-corrected chi connectivity index (χ0v) is 13.4. The molecule has 0 aliphatic rings. The standard InChI is InChI=1S/C18H15FN2OS/c1-12-2-4-13(5-3-12)18-21-16(11-23-18)10-17(22)20-15-8-6-14(19)7-9-15/h2-9,11H,10H2,1H3,(H,20,22). The summed E-state index contributed by atoms with van der Waals surface area (Å²) < 4.78 is 12.8. The zero-order valence-electron chi connectivity index (χ0n) is 12.5. The second-order valence-corrected chi connectivity index (χ2v) is 6.10. The SMILES string of the molecule is Cc1ccc(-c2nc(CC(=O)Nc3ccc(F)cc3)cs2)cc1. The Labute approximate surface area is 137 Å². The quantitative estimate of drug-likeness (QED) is 0.770. The van der Waals surface area contributed by atoms with Crippen molar-refractivity contribution >= 4 is 22.9 Å². The van der Waals surface area contributed by atoms with Gasteiger partial charge in [0.05, 0.1) is 12.1 Å². The Morgan fingerprint density at radius 1 is 1.13 bits per heavy atom. The van der Waals surface area contributed by atoms with Crippen LogP contribution in [0.1, 0.15) is 11.3 Å². The highest BCUT2D eigenvalue weighted by Gasteiger charge is 2.09. The minimum Gasteiger partial charge on any atom is -0.326 e. The highest BCUT2D eigenvalue weighted by atomic mass is 32.1. The van der Waals surface area contributed by atoms with E-state index in [1.807, 2.05) is 36.6 Å². The smallest absolute Gasteiger partial charge is 0.230 e. The van der Waals surface area contributed by atoms with Crippen molar-refractivity contribution < 1.29 is 9.18 Å². The van der Waals surface area contributed by atoms with Gasteiger partial charge in [0.15, 0.2) is 0 Å². The first-order valence-corrected chi connectivity index (χ1v) is 8.05. The molecule has 116 valence electrons. The van der Waals surface area contributed by atoms with Crippen LogP contribution < -0.4 is 5.32 Å². The number of hydrogen-bond donors (Lipinski definition) is 1. The van der Waals surface area contributed by atoms with Crippen LogP contribution in [0, 0.1) is 12.7 Å². The van der Waals surface area contributed by atoms with Gasteiger partial charge in [-0.05, 0) is 31.2 Å². The third-order valence-electron chi connectivity index (χ3n) is 3.32. The Morgan fingerprint density at radius 3 is 2.52 bits per heavy atom. The first-order valence-electron chi connectivity index (χ1n) is 7.17. The number of halogens is 1. The van der Waals surface area contributed by atoms with E-state index in [1.54, 1.807) is 0 Å². The summed E-state index contributed by atoms with van der Waals surface area (Å²) in [4.78, 5) is 16.5. The van der Waals surface area contributed by atoms with Crippen LogP contribution in [0.4, 0.5) is 10.1 Å². The van der Waals surface area contributed by atoms with Crippen LogP contribution in [0.2, 0.25) is 0 Å². The number of carbonyl (C=O) groups is 1. The van der Waals surface area contributed by atoms with E-state index in [4.69, 9.17) is 0 Å². The minimum atomic E-state index is -0.328. The Bertz CT molecular complexity index is 810. The van der Waals surface area contributed by atoms with Gasteiger partial charge in [-0.1, -0.05) is 29.8 Å². The summed E-state index contributed by atoms with van der Waals surface area (Å²) in [5.74, 6) is -0.498. The molecule has 0 fully saturated rings. The van der Waals surface area contributed by atoms with E-state index in [9.17, 15) is 9.18 Å². The molecule has 5 heteroatoms. The molecule has 2 aromatic carbocycles. The fourth-order valence-corrected chi connectivity index (χ4v) is 2.95. The van der Waals surface area contributed by atoms with Gasteiger partial charge in [-0.2, -0.15) is 0 Å². The molecular formula is C18H15FN2OS. The van der Waals surface area contributed by atoms with E-state index in [1.165, 1.54) is 41.2 Å². The van der Waals surface area contributed by atoms with Gasteiger partial charge in [0.25, 0.3) is 0 Å². The van der Waals surface area contributed by atoms with Gasteiger partial charge < -0.3 is 5.32 Å². The molecule has 0 unspecified atom stereocenters. The maximum atomic E-state index is 12.8. The Hall–Kier alpha value is -2.53. The van der Waals surface area contributed by atoms with Crippen molar-refractivity contribution in [2.45, 2.75) is 13.3 Å². The Morgan fingerprint density at radius 2 is 1.83 bits per heavy atom. The van der Waals surface area contributed by atoms with E-state index >= 15 is 0 Å². The average Bonchev–Trinajstić information content (AvgIpc) is 2.98. The average molecular weight is 326 g/mol. The fraction of sp³-hybridized carbons (Fsp3) is 0.111. The summed E-state index contributed by atoms with van der Waals surface area (Å²) >= 11 is 1.52. The van der Waals surface area contributed by atoms with Crippen molar-refractivity contribution in [1.29, 1.82) is 0 Å². The molecule has 0 aliphatic carbocycles. The van der Waals surface area contributed by atoms with Crippen LogP contribution >= 0.6 is 11.3 Å². The van der Waals surface area contributed by atoms with Crippen LogP contribution in [-0.2, 0) is 11.2 Å². The van der Waals surface area contributed by atoms with Crippen molar-refractivity contribution in [3.8, 4) is 10.6 Å². The molecule has 0 radical (unpaired) electrons. The summed E-state index contributed by atoms with van der Waals surface area (Å²) in [6.07, 6.45) is 0.194. The normalized spacial score (nSPS) is 10.5. The van der Waals surface area contributed by atoms with Gasteiger partial charge in [0.2, 0.25) is 5.91 Å². The molecule has 3 nitrogen and oxygen atoms in total. The maximum absolute atomic E-state index is 12.8. The van der Waals surface area contributed by atoms with Gasteiger partial charge in [-0.15, -0.1) is 11.3 Å². The zero-order chi connectivity index (χ0) is 16.2. The molecule has 1 N–H and O–H groups in total. The topological polar surface area (TPSA) is 42.0 Å². The number of hydrogen-bond acceptors (Lipinski definition) is 3. The lowest BCUT2D eigenvalue weighted by Gasteiger charge is -2.03. The number of nitrogens with one attached hydrogen (secondary N) is 1. The van der Waals surface area contributed by atoms with Crippen LogP contribution in [0.3, 0.4) is 0 Å². The third-order valence-corrected chi connectivity index (χ3v) is 4.26. The molecule has 0 bridgehead atoms. The summed E-state index contributed by atoms with van der Waals surface area (Å²) in [5, 5.41) is 5.52. The largest absolute Gasteiger partial charge is 0.326 e. The predicted octanol–water partition coefficient (Wildman–Crippen LogP) is 4.44. The lowest BCUT2D eigenvalue weighted by Crippen LogP contribution is -2.14. The van der Waals surface area contributed by atoms with E-state index in [-0.39, 0.29) is 18.1 Å². The van der Waals surface area contributed by atoms with E-state index in [0.29, 0.717) is 5.69 Å². The van der Waals surface area contributed by atoms with Crippen molar-refractivity contribution in [3.63, 3.8) is 0 Å². The van der Waals surface area contributed by atoms with Crippen LogP contribution in [-0.4, -0.2) is 10.9 Å². The van der Waals surface area contributed by atoms with E-state index < -0.39 is 0 Å². The lowest BCUT2D eigenvalue weighted by atomic mass is 10.2. The van der Waals surface area contributed by atoms with Gasteiger partial charge in [-0.3, -0.25) is 4.79 Å². The van der Waals surface area contributed by atoms with Gasteiger partial charge in [0.1, 0.15) is 10.8 Å². The number of aryl methyl sites for hydroxylation is 1. The van der Waals surface area contributed by atoms with Crippen LogP contribution in [0.25, 0.3) is 10.6 Å². The van der Waals surface area contributed by atoms with Crippen molar-refractivity contribution in [1.82, 2.24) is 4.98 Å². The van der Waals surface area contributed by atoms with Crippen molar-refractivity contribution in [3.05, 3.63) is 71.0 Å². The van der Waals surface area contributed by atoms with E-state index in [2.05, 4.69) is 10.3 Å². The number of anilines is 1. The monoisotopic (exact) mass is 326 g/mol. The Kier molecular flexibility index (Phi) is 4.48. The van der Waals surface area contributed by atoms with E-state index in [0.717, 1.165) is 16.3 Å². The van der Waals surface area contributed by atoms with Crippen molar-refractivity contribution in [2.24, 2.45) is 0 Å². The molecule has 1 aromatic heterocycles. The first-order chi connectivity index (χ1) is 11.1. The molecule has 1 amide bonds. The number of thiazole rings is 1. The first kappa shape index (κ1) is 15.4. The maximum Gasteiger partial charge on any atom is 0.230 e. The predicted molar refractivity (Wildman–Crippen MR) is 91.0 cm³/mol. The number of aromatic nitrogens is 1. The van der Waals surface area contributed by atoms with Crippen molar-refractivity contribution in [2.75, 3.05) is 5.32 Å². The molecule has 23 heavy (non-hydrogen) atoms. The third kappa shape index (κ3) is 4.02. The molecule has 0 aliphatic heterocycles. The molecule has 3 rings (SSSR count). The highest BCUT2D eigenvalue weighted by Crippen LogP contribution is 2.24. The number of benzene rings is 2.